The van der Waals surface area contributed by atoms with Crippen molar-refractivity contribution in [2.45, 2.75) is 32.2 Å². The van der Waals surface area contributed by atoms with E-state index in [-0.39, 0.29) is 17.9 Å². The molecule has 0 spiro atoms. The third-order valence-corrected chi connectivity index (χ3v) is 4.95. The van der Waals surface area contributed by atoms with E-state index >= 15 is 0 Å². The van der Waals surface area contributed by atoms with E-state index in [2.05, 4.69) is 27.9 Å². The molecule has 1 fully saturated rings. The lowest BCUT2D eigenvalue weighted by Gasteiger charge is -2.24. The van der Waals surface area contributed by atoms with Crippen LogP contribution in [0, 0.1) is 0 Å². The molecule has 1 aliphatic heterocycles. The van der Waals surface area contributed by atoms with Crippen LogP contribution in [-0.4, -0.2) is 34.3 Å². The molecule has 1 N–H and O–H groups in total. The number of hydrogen-bond donors (Lipinski definition) is 1. The van der Waals surface area contributed by atoms with E-state index in [1.165, 1.54) is 4.88 Å². The van der Waals surface area contributed by atoms with Crippen LogP contribution in [0.2, 0.25) is 5.28 Å². The van der Waals surface area contributed by atoms with Crippen molar-refractivity contribution in [2.24, 2.45) is 0 Å². The van der Waals surface area contributed by atoms with Gasteiger partial charge in [-0.3, -0.25) is 0 Å². The molecule has 2 aromatic rings. The van der Waals surface area contributed by atoms with Crippen molar-refractivity contribution in [2.75, 3.05) is 18.1 Å². The molecule has 0 radical (unpaired) electrons. The third-order valence-electron chi connectivity index (χ3n) is 3.60. The predicted octanol–water partition coefficient (Wildman–Crippen LogP) is 2.87. The molecule has 1 saturated heterocycles. The maximum absolute atomic E-state index is 9.48. The quantitative estimate of drug-likeness (QED) is 0.885. The van der Waals surface area contributed by atoms with Crippen LogP contribution in [0.15, 0.2) is 6.07 Å². The van der Waals surface area contributed by atoms with Crippen LogP contribution >= 0.6 is 22.9 Å². The van der Waals surface area contributed by atoms with Crippen LogP contribution in [0.25, 0.3) is 10.2 Å². The van der Waals surface area contributed by atoms with Gasteiger partial charge in [-0.1, -0.05) is 6.92 Å². The minimum atomic E-state index is 0.152. The topological polar surface area (TPSA) is 49.2 Å². The summed E-state index contributed by atoms with van der Waals surface area (Å²) in [5.41, 5.74) is 0. The summed E-state index contributed by atoms with van der Waals surface area (Å²) in [4.78, 5) is 13.1. The van der Waals surface area contributed by atoms with E-state index in [9.17, 15) is 5.11 Å². The normalized spacial score (nSPS) is 19.5. The summed E-state index contributed by atoms with van der Waals surface area (Å²) in [7, 11) is 0. The summed E-state index contributed by atoms with van der Waals surface area (Å²) in [6.07, 6.45) is 3.07. The van der Waals surface area contributed by atoms with Crippen molar-refractivity contribution >= 4 is 39.0 Å². The first kappa shape index (κ1) is 13.1. The first-order valence-corrected chi connectivity index (χ1v) is 7.75. The lowest BCUT2D eigenvalue weighted by Crippen LogP contribution is -2.32. The molecule has 0 amide bonds. The molecule has 6 heteroatoms. The molecule has 3 heterocycles. The fourth-order valence-electron chi connectivity index (χ4n) is 2.63. The number of rotatable bonds is 3. The molecule has 1 atom stereocenters. The summed E-state index contributed by atoms with van der Waals surface area (Å²) in [5.74, 6) is 0.877. The average Bonchev–Trinajstić information content (AvgIpc) is 3.02. The van der Waals surface area contributed by atoms with E-state index in [4.69, 9.17) is 11.6 Å². The highest BCUT2D eigenvalue weighted by molar-refractivity contribution is 7.18. The zero-order valence-electron chi connectivity index (χ0n) is 10.8. The van der Waals surface area contributed by atoms with E-state index < -0.39 is 0 Å². The summed E-state index contributed by atoms with van der Waals surface area (Å²) >= 11 is 7.71. The lowest BCUT2D eigenvalue weighted by atomic mass is 10.2. The van der Waals surface area contributed by atoms with Gasteiger partial charge >= 0.3 is 0 Å². The van der Waals surface area contributed by atoms with Crippen LogP contribution in [-0.2, 0) is 6.42 Å². The molecule has 2 aromatic heterocycles. The summed E-state index contributed by atoms with van der Waals surface area (Å²) in [5, 5.41) is 10.8. The van der Waals surface area contributed by atoms with Crippen LogP contribution < -0.4 is 4.90 Å². The monoisotopic (exact) mass is 297 g/mol. The Morgan fingerprint density at radius 1 is 1.53 bits per heavy atom. The molecule has 3 rings (SSSR count). The molecular formula is C13H16ClN3OS. The number of aromatic nitrogens is 2. The van der Waals surface area contributed by atoms with Gasteiger partial charge in [0, 0.05) is 11.4 Å². The lowest BCUT2D eigenvalue weighted by molar-refractivity contribution is 0.266. The predicted molar refractivity (Wildman–Crippen MR) is 79.3 cm³/mol. The van der Waals surface area contributed by atoms with Gasteiger partial charge in [-0.2, -0.15) is 4.98 Å². The maximum Gasteiger partial charge on any atom is 0.225 e. The van der Waals surface area contributed by atoms with Gasteiger partial charge in [0.25, 0.3) is 0 Å². The fraction of sp³-hybridized carbons (Fsp3) is 0.538. The molecule has 1 aliphatic rings. The number of nitrogens with zero attached hydrogens (tertiary/aromatic N) is 3. The number of anilines is 1. The summed E-state index contributed by atoms with van der Waals surface area (Å²) < 4.78 is 0. The van der Waals surface area contributed by atoms with Crippen LogP contribution in [0.4, 0.5) is 5.82 Å². The Morgan fingerprint density at radius 2 is 2.37 bits per heavy atom. The van der Waals surface area contributed by atoms with Crippen molar-refractivity contribution in [3.8, 4) is 0 Å². The number of halogens is 1. The van der Waals surface area contributed by atoms with Crippen molar-refractivity contribution in [3.05, 3.63) is 16.2 Å². The van der Waals surface area contributed by atoms with Gasteiger partial charge in [0.2, 0.25) is 5.28 Å². The second kappa shape index (κ2) is 5.23. The highest BCUT2D eigenvalue weighted by atomic mass is 35.5. The smallest absolute Gasteiger partial charge is 0.225 e. The highest BCUT2D eigenvalue weighted by Gasteiger charge is 2.27. The Morgan fingerprint density at radius 3 is 3.11 bits per heavy atom. The number of aliphatic hydroxyl groups is 1. The van der Waals surface area contributed by atoms with Crippen LogP contribution in [0.5, 0.6) is 0 Å². The van der Waals surface area contributed by atoms with Gasteiger partial charge in [0.05, 0.1) is 18.0 Å². The maximum atomic E-state index is 9.48. The number of thiophene rings is 1. The van der Waals surface area contributed by atoms with E-state index in [1.54, 1.807) is 11.3 Å². The van der Waals surface area contributed by atoms with Crippen molar-refractivity contribution < 1.29 is 5.11 Å². The molecule has 0 saturated carbocycles. The summed E-state index contributed by atoms with van der Waals surface area (Å²) in [6, 6.07) is 2.30. The van der Waals surface area contributed by atoms with Crippen molar-refractivity contribution in [1.82, 2.24) is 9.97 Å². The third kappa shape index (κ3) is 2.30. The summed E-state index contributed by atoms with van der Waals surface area (Å²) in [6.45, 7) is 3.21. The number of fused-ring (bicyclic) bond motifs is 1. The number of aryl methyl sites for hydroxylation is 1. The zero-order chi connectivity index (χ0) is 13.4. The largest absolute Gasteiger partial charge is 0.394 e. The molecule has 19 heavy (non-hydrogen) atoms. The molecule has 102 valence electrons. The molecule has 0 aliphatic carbocycles. The van der Waals surface area contributed by atoms with Crippen LogP contribution in [0.1, 0.15) is 24.6 Å². The molecule has 0 aromatic carbocycles. The van der Waals surface area contributed by atoms with Gasteiger partial charge in [-0.15, -0.1) is 11.3 Å². The van der Waals surface area contributed by atoms with Gasteiger partial charge in [0.15, 0.2) is 0 Å². The molecular weight excluding hydrogens is 282 g/mol. The Kier molecular flexibility index (Phi) is 3.60. The van der Waals surface area contributed by atoms with Gasteiger partial charge < -0.3 is 10.0 Å². The highest BCUT2D eigenvalue weighted by Crippen LogP contribution is 2.35. The molecule has 0 bridgehead atoms. The van der Waals surface area contributed by atoms with Crippen molar-refractivity contribution in [1.29, 1.82) is 0 Å². The Balaban J connectivity index is 2.13. The Labute approximate surface area is 121 Å². The SMILES string of the molecule is CCc1cc2c(N3CCCC3CO)nc(Cl)nc2s1. The number of hydrogen-bond acceptors (Lipinski definition) is 5. The standard InChI is InChI=1S/C13H16ClN3OS/c1-2-9-6-10-11(15-13(14)16-12(10)19-9)17-5-3-4-8(17)7-18/h6,8,18H,2-5,7H2,1H3. The van der Waals surface area contributed by atoms with E-state index in [0.29, 0.717) is 0 Å². The second-order valence-electron chi connectivity index (χ2n) is 4.77. The Hall–Kier alpha value is -0.910. The Bertz CT molecular complexity index is 601. The first-order valence-electron chi connectivity index (χ1n) is 6.56. The van der Waals surface area contributed by atoms with Crippen molar-refractivity contribution in [3.63, 3.8) is 0 Å². The van der Waals surface area contributed by atoms with E-state index in [0.717, 1.165) is 41.8 Å². The molecule has 4 nitrogen and oxygen atoms in total. The van der Waals surface area contributed by atoms with Crippen LogP contribution in [0.3, 0.4) is 0 Å². The second-order valence-corrected chi connectivity index (χ2v) is 6.23. The van der Waals surface area contributed by atoms with Gasteiger partial charge in [0.1, 0.15) is 10.6 Å². The minimum Gasteiger partial charge on any atom is -0.394 e. The minimum absolute atomic E-state index is 0.152. The fourth-order valence-corrected chi connectivity index (χ4v) is 3.80. The molecule has 1 unspecified atom stereocenters. The average molecular weight is 298 g/mol. The van der Waals surface area contributed by atoms with Gasteiger partial charge in [-0.05, 0) is 36.9 Å². The van der Waals surface area contributed by atoms with E-state index in [1.807, 2.05) is 0 Å². The number of aliphatic hydroxyl groups excluding tert-OH is 1. The van der Waals surface area contributed by atoms with Gasteiger partial charge in [-0.25, -0.2) is 4.98 Å². The zero-order valence-corrected chi connectivity index (χ0v) is 12.3. The first-order chi connectivity index (χ1) is 9.22.